The molecule has 4 aromatic rings. The van der Waals surface area contributed by atoms with Gasteiger partial charge < -0.3 is 19.9 Å². The second kappa shape index (κ2) is 9.97. The zero-order chi connectivity index (χ0) is 26.1. The minimum atomic E-state index is -0.301. The van der Waals surface area contributed by atoms with Crippen molar-refractivity contribution in [3.63, 3.8) is 0 Å². The molecular weight excluding hydrogens is 466 g/mol. The van der Waals surface area contributed by atoms with Gasteiger partial charge in [-0.15, -0.1) is 0 Å². The summed E-state index contributed by atoms with van der Waals surface area (Å²) in [5, 5.41) is 7.79. The monoisotopic (exact) mass is 497 g/mol. The number of aryl methyl sites for hydroxylation is 2. The molecule has 2 aromatic heterocycles. The number of carbonyl (C=O) groups excluding carboxylic acids is 2. The molecule has 190 valence electrons. The zero-order valence-electron chi connectivity index (χ0n) is 21.5. The van der Waals surface area contributed by atoms with E-state index in [1.165, 1.54) is 5.56 Å². The van der Waals surface area contributed by atoms with Crippen LogP contribution in [0.1, 0.15) is 61.8 Å². The van der Waals surface area contributed by atoms with Gasteiger partial charge in [-0.1, -0.05) is 36.8 Å². The minimum Gasteiger partial charge on any atom is -0.496 e. The summed E-state index contributed by atoms with van der Waals surface area (Å²) in [4.78, 5) is 31.5. The fourth-order valence-electron chi connectivity index (χ4n) is 5.00. The van der Waals surface area contributed by atoms with Crippen molar-refractivity contribution in [1.29, 1.82) is 0 Å². The second-order valence-electron chi connectivity index (χ2n) is 9.66. The molecule has 37 heavy (non-hydrogen) atoms. The van der Waals surface area contributed by atoms with Crippen molar-refractivity contribution in [3.05, 3.63) is 100 Å². The molecule has 0 radical (unpaired) electrons. The SMILES string of the molecule is COc1ccc(NC(=O)c2nn(Cc3ccc(C)cc3)c3c2CN(C(=O)c2ccc[nH]2)C[C@H]3C)cc1C. The van der Waals surface area contributed by atoms with Gasteiger partial charge in [0.15, 0.2) is 5.69 Å². The fourth-order valence-corrected chi connectivity index (χ4v) is 5.00. The number of hydrogen-bond acceptors (Lipinski definition) is 4. The normalized spacial score (nSPS) is 14.8. The standard InChI is InChI=1S/C29H31N5O3/c1-18-7-9-21(10-8-18)16-34-27-20(3)15-33(29(36)24-6-5-13-30-24)17-23(27)26(32-34)28(35)31-22-11-12-25(37-4)19(2)14-22/h5-14,20,30H,15-17H2,1-4H3,(H,31,35)/t20-/m1/s1. The zero-order valence-corrected chi connectivity index (χ0v) is 21.5. The molecule has 2 N–H and O–H groups in total. The number of anilines is 1. The van der Waals surface area contributed by atoms with Crippen LogP contribution in [0.25, 0.3) is 0 Å². The first-order valence-electron chi connectivity index (χ1n) is 12.4. The molecule has 0 spiro atoms. The summed E-state index contributed by atoms with van der Waals surface area (Å²) in [6.45, 7) is 7.47. The Kier molecular flexibility index (Phi) is 6.56. The van der Waals surface area contributed by atoms with Gasteiger partial charge in [0.05, 0.1) is 20.2 Å². The summed E-state index contributed by atoms with van der Waals surface area (Å²) in [7, 11) is 1.62. The average molecular weight is 498 g/mol. The van der Waals surface area contributed by atoms with Gasteiger partial charge in [-0.25, -0.2) is 0 Å². The number of nitrogens with zero attached hydrogens (tertiary/aromatic N) is 3. The van der Waals surface area contributed by atoms with E-state index in [9.17, 15) is 9.59 Å². The van der Waals surface area contributed by atoms with Gasteiger partial charge in [0.1, 0.15) is 11.4 Å². The van der Waals surface area contributed by atoms with Crippen molar-refractivity contribution in [3.8, 4) is 5.75 Å². The molecule has 0 bridgehead atoms. The number of fused-ring (bicyclic) bond motifs is 1. The lowest BCUT2D eigenvalue weighted by Gasteiger charge is -2.32. The second-order valence-corrected chi connectivity index (χ2v) is 9.66. The summed E-state index contributed by atoms with van der Waals surface area (Å²) in [5.41, 5.74) is 6.52. The van der Waals surface area contributed by atoms with Crippen molar-refractivity contribution >= 4 is 17.5 Å². The number of carbonyl (C=O) groups is 2. The highest BCUT2D eigenvalue weighted by Crippen LogP contribution is 2.32. The quantitative estimate of drug-likeness (QED) is 0.396. The van der Waals surface area contributed by atoms with Gasteiger partial charge in [-0.3, -0.25) is 14.3 Å². The predicted molar refractivity (Wildman–Crippen MR) is 142 cm³/mol. The lowest BCUT2D eigenvalue weighted by atomic mass is 9.95. The highest BCUT2D eigenvalue weighted by molar-refractivity contribution is 6.04. The average Bonchev–Trinajstić information content (AvgIpc) is 3.54. The minimum absolute atomic E-state index is 0.00499. The highest BCUT2D eigenvalue weighted by atomic mass is 16.5. The number of aromatic nitrogens is 3. The van der Waals surface area contributed by atoms with E-state index in [2.05, 4.69) is 48.4 Å². The molecular formula is C29H31N5O3. The lowest BCUT2D eigenvalue weighted by molar-refractivity contribution is 0.0711. The van der Waals surface area contributed by atoms with Crippen LogP contribution in [-0.4, -0.2) is 45.1 Å². The van der Waals surface area contributed by atoms with Gasteiger partial charge in [-0.2, -0.15) is 5.10 Å². The van der Waals surface area contributed by atoms with E-state index in [1.807, 2.05) is 29.8 Å². The Labute approximate surface area is 216 Å². The van der Waals surface area contributed by atoms with Crippen LogP contribution in [0.15, 0.2) is 60.8 Å². The Morgan fingerprint density at radius 2 is 1.92 bits per heavy atom. The molecule has 0 fully saturated rings. The van der Waals surface area contributed by atoms with Gasteiger partial charge in [0, 0.05) is 35.6 Å². The van der Waals surface area contributed by atoms with Crippen molar-refractivity contribution in [2.75, 3.05) is 19.0 Å². The molecule has 2 amide bonds. The van der Waals surface area contributed by atoms with E-state index < -0.39 is 0 Å². The van der Waals surface area contributed by atoms with Gasteiger partial charge in [-0.05, 0) is 55.3 Å². The Morgan fingerprint density at radius 3 is 2.59 bits per heavy atom. The molecule has 8 heteroatoms. The van der Waals surface area contributed by atoms with Crippen LogP contribution in [0, 0.1) is 13.8 Å². The third-order valence-electron chi connectivity index (χ3n) is 6.84. The first-order chi connectivity index (χ1) is 17.8. The number of methoxy groups -OCH3 is 1. The maximum Gasteiger partial charge on any atom is 0.276 e. The number of aromatic amines is 1. The Balaban J connectivity index is 1.51. The molecule has 8 nitrogen and oxygen atoms in total. The van der Waals surface area contributed by atoms with Crippen LogP contribution in [0.5, 0.6) is 5.75 Å². The summed E-state index contributed by atoms with van der Waals surface area (Å²) < 4.78 is 7.27. The fraction of sp³-hybridized carbons (Fsp3) is 0.276. The van der Waals surface area contributed by atoms with Crippen LogP contribution in [-0.2, 0) is 13.1 Å². The van der Waals surface area contributed by atoms with Crippen LogP contribution in [0.4, 0.5) is 5.69 Å². The molecule has 0 aliphatic carbocycles. The first kappa shape index (κ1) is 24.4. The molecule has 1 atom stereocenters. The molecule has 0 unspecified atom stereocenters. The summed E-state index contributed by atoms with van der Waals surface area (Å²) in [6, 6.07) is 17.4. The highest BCUT2D eigenvalue weighted by Gasteiger charge is 2.34. The topological polar surface area (TPSA) is 92.2 Å². The molecule has 2 aromatic carbocycles. The Bertz CT molecular complexity index is 1440. The van der Waals surface area contributed by atoms with Crippen molar-refractivity contribution in [2.24, 2.45) is 0 Å². The maximum absolute atomic E-state index is 13.5. The van der Waals surface area contributed by atoms with Crippen molar-refractivity contribution in [1.82, 2.24) is 19.7 Å². The van der Waals surface area contributed by atoms with Crippen LogP contribution in [0.3, 0.4) is 0 Å². The lowest BCUT2D eigenvalue weighted by Crippen LogP contribution is -2.38. The molecule has 1 aliphatic heterocycles. The van der Waals surface area contributed by atoms with E-state index in [0.29, 0.717) is 36.7 Å². The summed E-state index contributed by atoms with van der Waals surface area (Å²) in [6.07, 6.45) is 1.74. The Morgan fingerprint density at radius 1 is 1.14 bits per heavy atom. The van der Waals surface area contributed by atoms with Gasteiger partial charge in [0.25, 0.3) is 11.8 Å². The molecule has 5 rings (SSSR count). The molecule has 3 heterocycles. The molecule has 0 saturated heterocycles. The van der Waals surface area contributed by atoms with Crippen LogP contribution < -0.4 is 10.1 Å². The number of rotatable bonds is 6. The van der Waals surface area contributed by atoms with E-state index in [4.69, 9.17) is 9.84 Å². The summed E-state index contributed by atoms with van der Waals surface area (Å²) in [5.74, 6) is 0.367. The molecule has 0 saturated carbocycles. The summed E-state index contributed by atoms with van der Waals surface area (Å²) >= 11 is 0. The van der Waals surface area contributed by atoms with E-state index in [0.717, 1.165) is 28.1 Å². The molecule has 1 aliphatic rings. The number of amides is 2. The van der Waals surface area contributed by atoms with E-state index in [1.54, 1.807) is 30.3 Å². The number of ether oxygens (including phenoxy) is 1. The first-order valence-corrected chi connectivity index (χ1v) is 12.4. The van der Waals surface area contributed by atoms with Crippen LogP contribution >= 0.6 is 0 Å². The third-order valence-corrected chi connectivity index (χ3v) is 6.84. The van der Waals surface area contributed by atoms with Gasteiger partial charge >= 0.3 is 0 Å². The Hall–Kier alpha value is -4.33. The number of hydrogen-bond donors (Lipinski definition) is 2. The van der Waals surface area contributed by atoms with E-state index in [-0.39, 0.29) is 17.7 Å². The number of H-pyrrole nitrogens is 1. The van der Waals surface area contributed by atoms with Crippen LogP contribution in [0.2, 0.25) is 0 Å². The third kappa shape index (κ3) is 4.87. The van der Waals surface area contributed by atoms with Crippen molar-refractivity contribution < 1.29 is 14.3 Å². The number of nitrogens with one attached hydrogen (secondary N) is 2. The largest absolute Gasteiger partial charge is 0.496 e. The van der Waals surface area contributed by atoms with Crippen molar-refractivity contribution in [2.45, 2.75) is 39.8 Å². The van der Waals surface area contributed by atoms with E-state index >= 15 is 0 Å². The maximum atomic E-state index is 13.5. The smallest absolute Gasteiger partial charge is 0.276 e. The predicted octanol–water partition coefficient (Wildman–Crippen LogP) is 4.90. The number of benzene rings is 2. The van der Waals surface area contributed by atoms with Gasteiger partial charge in [0.2, 0.25) is 0 Å².